The summed E-state index contributed by atoms with van der Waals surface area (Å²) in [5.74, 6) is 1.90. The lowest BCUT2D eigenvalue weighted by Gasteiger charge is -2.52. The molecule has 2 saturated carbocycles. The fraction of sp³-hybridized carbons (Fsp3) is 0.684. The fourth-order valence-corrected chi connectivity index (χ4v) is 5.64. The lowest BCUT2D eigenvalue weighted by molar-refractivity contribution is -0.127. The summed E-state index contributed by atoms with van der Waals surface area (Å²) in [6, 6.07) is 0. The molecule has 4 rings (SSSR count). The molecule has 0 radical (unpaired) electrons. The Morgan fingerprint density at radius 2 is 1.90 bits per heavy atom. The van der Waals surface area contributed by atoms with Crippen molar-refractivity contribution in [2.24, 2.45) is 22.7 Å². The van der Waals surface area contributed by atoms with Crippen LogP contribution in [0.5, 0.6) is 0 Å². The van der Waals surface area contributed by atoms with Crippen molar-refractivity contribution in [2.75, 3.05) is 0 Å². The summed E-state index contributed by atoms with van der Waals surface area (Å²) in [7, 11) is 0. The van der Waals surface area contributed by atoms with E-state index in [0.717, 1.165) is 38.5 Å². The van der Waals surface area contributed by atoms with Crippen LogP contribution in [0.2, 0.25) is 0 Å². The van der Waals surface area contributed by atoms with Crippen molar-refractivity contribution in [3.05, 3.63) is 23.3 Å². The minimum atomic E-state index is -0.101. The first-order valence-corrected chi connectivity index (χ1v) is 8.43. The van der Waals surface area contributed by atoms with E-state index in [1.165, 1.54) is 5.57 Å². The second-order valence-corrected chi connectivity index (χ2v) is 7.96. The molecule has 0 N–H and O–H groups in total. The monoisotopic (exact) mass is 284 g/mol. The van der Waals surface area contributed by atoms with Gasteiger partial charge in [-0.2, -0.15) is 0 Å². The van der Waals surface area contributed by atoms with Gasteiger partial charge in [0.2, 0.25) is 0 Å². The number of carbonyl (C=O) groups excluding carboxylic acids is 2. The number of hydrogen-bond donors (Lipinski definition) is 0. The van der Waals surface area contributed by atoms with Gasteiger partial charge in [-0.1, -0.05) is 31.1 Å². The van der Waals surface area contributed by atoms with Gasteiger partial charge in [-0.3, -0.25) is 9.59 Å². The van der Waals surface area contributed by atoms with E-state index in [1.54, 1.807) is 5.57 Å². The molecule has 0 aliphatic heterocycles. The molecule has 21 heavy (non-hydrogen) atoms. The third-order valence-corrected chi connectivity index (χ3v) is 7.05. The zero-order chi connectivity index (χ0) is 14.8. The summed E-state index contributed by atoms with van der Waals surface area (Å²) >= 11 is 0. The highest BCUT2D eigenvalue weighted by Gasteiger charge is 2.55. The standard InChI is InChI=1S/C19H24O2/c1-18-9-7-13(20)11-12(18)3-4-14-15-5-6-17(21)19(15,2)10-8-16(14)18/h8,11,14-15H,3-7,9-10H2,1-2H3/t14-,15+,18-,19-/m0/s1. The largest absolute Gasteiger partial charge is 0.299 e. The molecule has 2 heteroatoms. The van der Waals surface area contributed by atoms with Gasteiger partial charge in [0.15, 0.2) is 5.78 Å². The molecule has 0 amide bonds. The van der Waals surface area contributed by atoms with Crippen LogP contribution in [0, 0.1) is 22.7 Å². The highest BCUT2D eigenvalue weighted by molar-refractivity contribution is 5.92. The van der Waals surface area contributed by atoms with Crippen LogP contribution in [0.15, 0.2) is 23.3 Å². The summed E-state index contributed by atoms with van der Waals surface area (Å²) in [5.41, 5.74) is 2.92. The lowest BCUT2D eigenvalue weighted by Crippen LogP contribution is -2.44. The molecule has 0 saturated heterocycles. The lowest BCUT2D eigenvalue weighted by atomic mass is 9.52. The second kappa shape index (κ2) is 4.18. The SMILES string of the molecule is C[C@]12CCC(=O)C=C1CC[C@@H]1C2=CC[C@]2(C)C(=O)CC[C@H]12. The quantitative estimate of drug-likeness (QED) is 0.630. The fourth-order valence-electron chi connectivity index (χ4n) is 5.64. The third-order valence-electron chi connectivity index (χ3n) is 7.05. The second-order valence-electron chi connectivity index (χ2n) is 7.96. The van der Waals surface area contributed by atoms with Crippen LogP contribution in [-0.2, 0) is 9.59 Å². The highest BCUT2D eigenvalue weighted by atomic mass is 16.1. The predicted octanol–water partition coefficient (Wildman–Crippen LogP) is 4.01. The molecule has 0 heterocycles. The van der Waals surface area contributed by atoms with Crippen molar-refractivity contribution in [2.45, 2.75) is 58.8 Å². The van der Waals surface area contributed by atoms with Crippen LogP contribution < -0.4 is 0 Å². The molecule has 0 aromatic rings. The number of fused-ring (bicyclic) bond motifs is 5. The maximum absolute atomic E-state index is 12.3. The minimum Gasteiger partial charge on any atom is -0.299 e. The Morgan fingerprint density at radius 3 is 2.71 bits per heavy atom. The number of allylic oxidation sites excluding steroid dienone is 4. The summed E-state index contributed by atoms with van der Waals surface area (Å²) in [6.45, 7) is 4.53. The van der Waals surface area contributed by atoms with Gasteiger partial charge >= 0.3 is 0 Å². The van der Waals surface area contributed by atoms with Crippen LogP contribution in [0.25, 0.3) is 0 Å². The number of rotatable bonds is 0. The van der Waals surface area contributed by atoms with Crippen LogP contribution in [0.3, 0.4) is 0 Å². The molecule has 2 nitrogen and oxygen atoms in total. The highest BCUT2D eigenvalue weighted by Crippen LogP contribution is 2.62. The maximum atomic E-state index is 12.3. The Bertz CT molecular complexity index is 597. The number of hydrogen-bond acceptors (Lipinski definition) is 2. The van der Waals surface area contributed by atoms with Crippen molar-refractivity contribution in [3.63, 3.8) is 0 Å². The molecule has 0 spiro atoms. The Labute approximate surface area is 126 Å². The average Bonchev–Trinajstić information content (AvgIpc) is 2.76. The summed E-state index contributed by atoms with van der Waals surface area (Å²) in [4.78, 5) is 24.1. The van der Waals surface area contributed by atoms with Gasteiger partial charge in [-0.05, 0) is 50.0 Å². The molecule has 0 unspecified atom stereocenters. The first kappa shape index (κ1) is 13.5. The van der Waals surface area contributed by atoms with Crippen molar-refractivity contribution in [1.82, 2.24) is 0 Å². The molecule has 4 atom stereocenters. The van der Waals surface area contributed by atoms with E-state index in [-0.39, 0.29) is 10.8 Å². The Kier molecular flexibility index (Phi) is 2.68. The van der Waals surface area contributed by atoms with Gasteiger partial charge in [0.1, 0.15) is 5.78 Å². The Hall–Kier alpha value is -1.18. The van der Waals surface area contributed by atoms with Crippen molar-refractivity contribution >= 4 is 11.6 Å². The van der Waals surface area contributed by atoms with Crippen molar-refractivity contribution < 1.29 is 9.59 Å². The van der Waals surface area contributed by atoms with Crippen LogP contribution >= 0.6 is 0 Å². The third kappa shape index (κ3) is 1.65. The van der Waals surface area contributed by atoms with E-state index in [0.29, 0.717) is 29.8 Å². The first-order chi connectivity index (χ1) is 9.95. The first-order valence-electron chi connectivity index (χ1n) is 8.43. The minimum absolute atomic E-state index is 0.101. The summed E-state index contributed by atoms with van der Waals surface area (Å²) in [5, 5.41) is 0. The molecule has 2 fully saturated rings. The zero-order valence-corrected chi connectivity index (χ0v) is 13.1. The molecule has 0 aromatic carbocycles. The molecular formula is C19H24O2. The molecule has 0 bridgehead atoms. The van der Waals surface area contributed by atoms with Crippen LogP contribution in [-0.4, -0.2) is 11.6 Å². The van der Waals surface area contributed by atoms with Gasteiger partial charge < -0.3 is 0 Å². The van der Waals surface area contributed by atoms with Gasteiger partial charge in [0.25, 0.3) is 0 Å². The van der Waals surface area contributed by atoms with E-state index in [4.69, 9.17) is 0 Å². The van der Waals surface area contributed by atoms with Gasteiger partial charge in [-0.15, -0.1) is 0 Å². The van der Waals surface area contributed by atoms with Crippen LogP contribution in [0.1, 0.15) is 58.8 Å². The normalized spacial score (nSPS) is 45.4. The molecule has 0 aromatic heterocycles. The van der Waals surface area contributed by atoms with Crippen LogP contribution in [0.4, 0.5) is 0 Å². The summed E-state index contributed by atoms with van der Waals surface area (Å²) < 4.78 is 0. The molecule has 4 aliphatic rings. The van der Waals surface area contributed by atoms with Crippen molar-refractivity contribution in [3.8, 4) is 0 Å². The average molecular weight is 284 g/mol. The maximum Gasteiger partial charge on any atom is 0.155 e. The van der Waals surface area contributed by atoms with Crippen molar-refractivity contribution in [1.29, 1.82) is 0 Å². The van der Waals surface area contributed by atoms with Gasteiger partial charge in [0.05, 0.1) is 0 Å². The van der Waals surface area contributed by atoms with E-state index in [9.17, 15) is 9.59 Å². The Morgan fingerprint density at radius 1 is 1.10 bits per heavy atom. The smallest absolute Gasteiger partial charge is 0.155 e. The van der Waals surface area contributed by atoms with E-state index in [1.807, 2.05) is 6.08 Å². The topological polar surface area (TPSA) is 34.1 Å². The van der Waals surface area contributed by atoms with E-state index in [2.05, 4.69) is 19.9 Å². The van der Waals surface area contributed by atoms with E-state index < -0.39 is 0 Å². The number of ketones is 2. The van der Waals surface area contributed by atoms with E-state index >= 15 is 0 Å². The molecule has 112 valence electrons. The molecular weight excluding hydrogens is 260 g/mol. The molecule has 4 aliphatic carbocycles. The Balaban J connectivity index is 1.78. The van der Waals surface area contributed by atoms with Gasteiger partial charge in [0, 0.05) is 23.7 Å². The zero-order valence-electron chi connectivity index (χ0n) is 13.1. The number of carbonyl (C=O) groups is 2. The van der Waals surface area contributed by atoms with Gasteiger partial charge in [-0.25, -0.2) is 0 Å². The summed E-state index contributed by atoms with van der Waals surface area (Å²) in [6.07, 6.45) is 10.9. The number of Topliss-reactive ketones (excluding diaryl/α,β-unsaturated/α-hetero) is 1. The predicted molar refractivity (Wildman–Crippen MR) is 81.7 cm³/mol.